The van der Waals surface area contributed by atoms with Crippen LogP contribution in [-0.4, -0.2) is 36.0 Å². The van der Waals surface area contributed by atoms with Crippen LogP contribution >= 0.6 is 11.3 Å². The normalized spacial score (nSPS) is 25.8. The summed E-state index contributed by atoms with van der Waals surface area (Å²) in [6.07, 6.45) is 6.43. The molecule has 6 nitrogen and oxygen atoms in total. The van der Waals surface area contributed by atoms with Gasteiger partial charge in [0, 0.05) is 5.92 Å². The van der Waals surface area contributed by atoms with Gasteiger partial charge in [-0.3, -0.25) is 4.79 Å². The van der Waals surface area contributed by atoms with Crippen LogP contribution < -0.4 is 5.32 Å². The van der Waals surface area contributed by atoms with Crippen molar-refractivity contribution in [3.8, 4) is 0 Å². The summed E-state index contributed by atoms with van der Waals surface area (Å²) in [6, 6.07) is 0. The van der Waals surface area contributed by atoms with Crippen molar-refractivity contribution in [2.45, 2.75) is 44.4 Å². The Balaban J connectivity index is 1.60. The fourth-order valence-electron chi connectivity index (χ4n) is 3.01. The number of hydrogen-bond donors (Lipinski definition) is 1. The minimum absolute atomic E-state index is 0.0485. The average Bonchev–Trinajstić information content (AvgIpc) is 3.06. The van der Waals surface area contributed by atoms with Gasteiger partial charge in [-0.15, -0.1) is 10.2 Å². The second-order valence-corrected chi connectivity index (χ2v) is 9.11. The van der Waals surface area contributed by atoms with Gasteiger partial charge in [-0.2, -0.15) is 0 Å². The molecule has 3 rings (SSSR count). The topological polar surface area (TPSA) is 89.0 Å². The Hall–Kier alpha value is -1.02. The van der Waals surface area contributed by atoms with Crippen molar-refractivity contribution < 1.29 is 13.2 Å². The highest BCUT2D eigenvalue weighted by Gasteiger charge is 2.33. The van der Waals surface area contributed by atoms with Gasteiger partial charge in [0.05, 0.1) is 17.4 Å². The van der Waals surface area contributed by atoms with Gasteiger partial charge < -0.3 is 5.32 Å². The van der Waals surface area contributed by atoms with Crippen LogP contribution in [0.15, 0.2) is 0 Å². The maximum atomic E-state index is 12.1. The third-order valence-electron chi connectivity index (χ3n) is 4.23. The molecular formula is C13H19N3O3S2. The Labute approximate surface area is 128 Å². The summed E-state index contributed by atoms with van der Waals surface area (Å²) >= 11 is 1.42. The molecule has 0 unspecified atom stereocenters. The molecule has 0 bridgehead atoms. The molecule has 1 aliphatic carbocycles. The first kappa shape index (κ1) is 14.9. The molecule has 2 aliphatic rings. The minimum atomic E-state index is -3.04. The molecule has 1 atom stereocenters. The van der Waals surface area contributed by atoms with Crippen LogP contribution in [0, 0.1) is 5.92 Å². The molecule has 1 aliphatic heterocycles. The minimum Gasteiger partial charge on any atom is -0.300 e. The van der Waals surface area contributed by atoms with E-state index in [1.54, 1.807) is 0 Å². The third kappa shape index (κ3) is 3.60. The van der Waals surface area contributed by atoms with Crippen molar-refractivity contribution in [1.29, 1.82) is 0 Å². The zero-order valence-corrected chi connectivity index (χ0v) is 13.4. The Morgan fingerprint density at radius 2 is 1.90 bits per heavy atom. The van der Waals surface area contributed by atoms with Crippen molar-refractivity contribution in [1.82, 2.24) is 10.2 Å². The summed E-state index contributed by atoms with van der Waals surface area (Å²) in [5, 5.41) is 12.4. The maximum Gasteiger partial charge on any atom is 0.230 e. The number of hydrogen-bond acceptors (Lipinski definition) is 6. The summed E-state index contributed by atoms with van der Waals surface area (Å²) in [4.78, 5) is 12.1. The van der Waals surface area contributed by atoms with Crippen LogP contribution in [0.2, 0.25) is 0 Å². The number of sulfone groups is 1. The second-order valence-electron chi connectivity index (χ2n) is 5.87. The lowest BCUT2D eigenvalue weighted by Gasteiger charge is -2.18. The largest absolute Gasteiger partial charge is 0.300 e. The highest BCUT2D eigenvalue weighted by atomic mass is 32.2. The zero-order valence-electron chi connectivity index (χ0n) is 11.7. The molecule has 0 radical (unpaired) electrons. The first-order valence-corrected chi connectivity index (χ1v) is 10.0. The second kappa shape index (κ2) is 6.00. The Kier molecular flexibility index (Phi) is 4.26. The van der Waals surface area contributed by atoms with E-state index in [0.717, 1.165) is 17.8 Å². The van der Waals surface area contributed by atoms with E-state index in [9.17, 15) is 13.2 Å². The SMILES string of the molecule is O=C(Nc1nnc(C2CCCCC2)s1)[C@H]1CCS(=O)(=O)C1. The van der Waals surface area contributed by atoms with Crippen molar-refractivity contribution in [2.75, 3.05) is 16.8 Å². The molecule has 2 heterocycles. The smallest absolute Gasteiger partial charge is 0.230 e. The molecular weight excluding hydrogens is 310 g/mol. The van der Waals surface area contributed by atoms with Gasteiger partial charge in [-0.05, 0) is 19.3 Å². The fraction of sp³-hybridized carbons (Fsp3) is 0.769. The number of carbonyl (C=O) groups excluding carboxylic acids is 1. The highest BCUT2D eigenvalue weighted by molar-refractivity contribution is 7.91. The van der Waals surface area contributed by atoms with Gasteiger partial charge in [0.1, 0.15) is 5.01 Å². The number of amides is 1. The van der Waals surface area contributed by atoms with E-state index >= 15 is 0 Å². The summed E-state index contributed by atoms with van der Waals surface area (Å²) in [5.41, 5.74) is 0. The van der Waals surface area contributed by atoms with E-state index in [1.165, 1.54) is 30.6 Å². The van der Waals surface area contributed by atoms with Crippen LogP contribution in [0.1, 0.15) is 49.5 Å². The molecule has 1 amide bonds. The van der Waals surface area contributed by atoms with Gasteiger partial charge in [-0.25, -0.2) is 8.42 Å². The summed E-state index contributed by atoms with van der Waals surface area (Å²) in [7, 11) is -3.04. The van der Waals surface area contributed by atoms with Crippen LogP contribution in [0.5, 0.6) is 0 Å². The maximum absolute atomic E-state index is 12.1. The van der Waals surface area contributed by atoms with Crippen molar-refractivity contribution in [2.24, 2.45) is 5.92 Å². The molecule has 1 saturated carbocycles. The van der Waals surface area contributed by atoms with Gasteiger partial charge in [0.2, 0.25) is 11.0 Å². The molecule has 1 aromatic rings. The van der Waals surface area contributed by atoms with Crippen LogP contribution in [-0.2, 0) is 14.6 Å². The molecule has 1 N–H and O–H groups in total. The number of nitrogens with one attached hydrogen (secondary N) is 1. The number of carbonyl (C=O) groups is 1. The van der Waals surface area contributed by atoms with Crippen molar-refractivity contribution in [3.05, 3.63) is 5.01 Å². The van der Waals surface area contributed by atoms with E-state index < -0.39 is 15.8 Å². The summed E-state index contributed by atoms with van der Waals surface area (Å²) in [6.45, 7) is 0. The number of anilines is 1. The average molecular weight is 329 g/mol. The lowest BCUT2D eigenvalue weighted by atomic mass is 9.90. The zero-order chi connectivity index (χ0) is 14.9. The quantitative estimate of drug-likeness (QED) is 0.915. The van der Waals surface area contributed by atoms with E-state index in [2.05, 4.69) is 15.5 Å². The lowest BCUT2D eigenvalue weighted by Crippen LogP contribution is -2.23. The monoisotopic (exact) mass is 329 g/mol. The molecule has 0 aromatic carbocycles. The molecule has 1 aromatic heterocycles. The molecule has 8 heteroatoms. The molecule has 116 valence electrons. The number of rotatable bonds is 3. The van der Waals surface area contributed by atoms with Crippen LogP contribution in [0.4, 0.5) is 5.13 Å². The number of aromatic nitrogens is 2. The van der Waals surface area contributed by atoms with E-state index in [1.807, 2.05) is 0 Å². The van der Waals surface area contributed by atoms with Gasteiger partial charge in [0.25, 0.3) is 0 Å². The summed E-state index contributed by atoms with van der Waals surface area (Å²) < 4.78 is 22.8. The third-order valence-corrected chi connectivity index (χ3v) is 7.00. The highest BCUT2D eigenvalue weighted by Crippen LogP contribution is 2.35. The Morgan fingerprint density at radius 3 is 2.57 bits per heavy atom. The Bertz CT molecular complexity index is 620. The van der Waals surface area contributed by atoms with Gasteiger partial charge in [0.15, 0.2) is 9.84 Å². The molecule has 2 fully saturated rings. The first-order chi connectivity index (χ1) is 10.0. The standard InChI is InChI=1S/C13H19N3O3S2/c17-11(10-6-7-21(18,19)8-10)14-13-16-15-12(20-13)9-4-2-1-3-5-9/h9-10H,1-8H2,(H,14,16,17)/t10-/m0/s1. The predicted molar refractivity (Wildman–Crippen MR) is 81.1 cm³/mol. The fourth-order valence-corrected chi connectivity index (χ4v) is 5.67. The lowest BCUT2D eigenvalue weighted by molar-refractivity contribution is -0.119. The molecule has 21 heavy (non-hydrogen) atoms. The van der Waals surface area contributed by atoms with E-state index in [0.29, 0.717) is 17.5 Å². The molecule has 1 saturated heterocycles. The van der Waals surface area contributed by atoms with Crippen molar-refractivity contribution >= 4 is 32.2 Å². The van der Waals surface area contributed by atoms with E-state index in [-0.39, 0.29) is 17.4 Å². The van der Waals surface area contributed by atoms with Crippen molar-refractivity contribution in [3.63, 3.8) is 0 Å². The number of nitrogens with zero attached hydrogens (tertiary/aromatic N) is 2. The summed E-state index contributed by atoms with van der Waals surface area (Å²) in [5.74, 6) is -0.171. The van der Waals surface area contributed by atoms with Crippen LogP contribution in [0.3, 0.4) is 0 Å². The first-order valence-electron chi connectivity index (χ1n) is 7.38. The van der Waals surface area contributed by atoms with Gasteiger partial charge in [-0.1, -0.05) is 30.6 Å². The van der Waals surface area contributed by atoms with Crippen LogP contribution in [0.25, 0.3) is 0 Å². The molecule has 0 spiro atoms. The van der Waals surface area contributed by atoms with Gasteiger partial charge >= 0.3 is 0 Å². The Morgan fingerprint density at radius 1 is 1.14 bits per heavy atom. The predicted octanol–water partition coefficient (Wildman–Crippen LogP) is 1.96. The van der Waals surface area contributed by atoms with E-state index in [4.69, 9.17) is 0 Å².